The lowest BCUT2D eigenvalue weighted by Crippen LogP contribution is -2.43. The van der Waals surface area contributed by atoms with Gasteiger partial charge >= 0.3 is 12.0 Å². The molecule has 7 nitrogen and oxygen atoms in total. The molecule has 0 aromatic heterocycles. The third-order valence-corrected chi connectivity index (χ3v) is 3.82. The Bertz CT molecular complexity index is 613. The molecule has 1 atom stereocenters. The highest BCUT2D eigenvalue weighted by Gasteiger charge is 2.51. The number of nitrogens with zero attached hydrogens (tertiary/aromatic N) is 1. The molecule has 0 unspecified atom stereocenters. The van der Waals surface area contributed by atoms with Crippen molar-refractivity contribution in [1.82, 2.24) is 10.2 Å². The first kappa shape index (κ1) is 16.8. The summed E-state index contributed by atoms with van der Waals surface area (Å²) in [4.78, 5) is 36.2. The number of aliphatic carboxylic acids is 1. The molecule has 1 aliphatic heterocycles. The number of urea groups is 1. The molecule has 3 amide bonds. The topological polar surface area (TPSA) is 95.9 Å². The lowest BCUT2D eigenvalue weighted by molar-refractivity contribution is -0.143. The maximum atomic E-state index is 12.6. The summed E-state index contributed by atoms with van der Waals surface area (Å²) in [5.41, 5.74) is -0.620. The molecule has 0 aliphatic carbocycles. The molecule has 0 radical (unpaired) electrons. The summed E-state index contributed by atoms with van der Waals surface area (Å²) in [5.74, 6) is -1.10. The molecule has 124 valence electrons. The van der Waals surface area contributed by atoms with Crippen molar-refractivity contribution in [2.24, 2.45) is 0 Å². The molecule has 1 aromatic carbocycles. The zero-order valence-corrected chi connectivity index (χ0v) is 13.2. The fourth-order valence-electron chi connectivity index (χ4n) is 2.60. The summed E-state index contributed by atoms with van der Waals surface area (Å²) in [6.07, 6.45) is 1.21. The van der Waals surface area contributed by atoms with E-state index in [-0.39, 0.29) is 0 Å². The molecule has 1 fully saturated rings. The average Bonchev–Trinajstić information content (AvgIpc) is 2.78. The SMILES string of the molecule is CCCOc1ccc([C@@]2(CC)NC(=O)N(CC(=O)O)C2=O)cc1. The number of carbonyl (C=O) groups excluding carboxylic acids is 2. The van der Waals surface area contributed by atoms with Crippen molar-refractivity contribution < 1.29 is 24.2 Å². The third-order valence-electron chi connectivity index (χ3n) is 3.82. The molecule has 1 aromatic rings. The second-order valence-corrected chi connectivity index (χ2v) is 5.35. The number of benzene rings is 1. The second kappa shape index (κ2) is 6.68. The molecule has 23 heavy (non-hydrogen) atoms. The predicted octanol–water partition coefficient (Wildman–Crippen LogP) is 1.72. The van der Waals surface area contributed by atoms with Crippen molar-refractivity contribution in [3.05, 3.63) is 29.8 Å². The Kier molecular flexibility index (Phi) is 4.88. The van der Waals surface area contributed by atoms with Crippen LogP contribution in [0.2, 0.25) is 0 Å². The summed E-state index contributed by atoms with van der Waals surface area (Å²) >= 11 is 0. The Labute approximate surface area is 134 Å². The summed E-state index contributed by atoms with van der Waals surface area (Å²) in [6.45, 7) is 3.72. The van der Waals surface area contributed by atoms with Crippen molar-refractivity contribution in [3.8, 4) is 5.75 Å². The summed E-state index contributed by atoms with van der Waals surface area (Å²) in [5, 5.41) is 11.5. The predicted molar refractivity (Wildman–Crippen MR) is 82.1 cm³/mol. The zero-order valence-electron chi connectivity index (χ0n) is 13.2. The number of hydrogen-bond donors (Lipinski definition) is 2. The van der Waals surface area contributed by atoms with Crippen molar-refractivity contribution >= 4 is 17.9 Å². The van der Waals surface area contributed by atoms with E-state index >= 15 is 0 Å². The van der Waals surface area contributed by atoms with E-state index in [9.17, 15) is 14.4 Å². The minimum absolute atomic E-state index is 0.322. The molecule has 0 bridgehead atoms. The first-order chi connectivity index (χ1) is 10.9. The Morgan fingerprint density at radius 3 is 2.43 bits per heavy atom. The maximum Gasteiger partial charge on any atom is 0.325 e. The average molecular weight is 320 g/mol. The first-order valence-corrected chi connectivity index (χ1v) is 7.53. The van der Waals surface area contributed by atoms with Gasteiger partial charge in [-0.2, -0.15) is 0 Å². The summed E-state index contributed by atoms with van der Waals surface area (Å²) in [6, 6.07) is 6.22. The van der Waals surface area contributed by atoms with E-state index in [1.165, 1.54) is 0 Å². The van der Waals surface area contributed by atoms with Crippen LogP contribution in [0, 0.1) is 0 Å². The Hall–Kier alpha value is -2.57. The van der Waals surface area contributed by atoms with Crippen LogP contribution in [0.15, 0.2) is 24.3 Å². The van der Waals surface area contributed by atoms with Crippen LogP contribution < -0.4 is 10.1 Å². The quantitative estimate of drug-likeness (QED) is 0.746. The summed E-state index contributed by atoms with van der Waals surface area (Å²) in [7, 11) is 0. The number of ether oxygens (including phenoxy) is 1. The van der Waals surface area contributed by atoms with Gasteiger partial charge in [0.1, 0.15) is 17.8 Å². The second-order valence-electron chi connectivity index (χ2n) is 5.35. The minimum atomic E-state index is -1.23. The van der Waals surface area contributed by atoms with Gasteiger partial charge in [-0.1, -0.05) is 26.0 Å². The van der Waals surface area contributed by atoms with E-state index in [1.54, 1.807) is 31.2 Å². The van der Waals surface area contributed by atoms with E-state index in [2.05, 4.69) is 5.32 Å². The van der Waals surface area contributed by atoms with Gasteiger partial charge in [0.05, 0.1) is 6.61 Å². The highest BCUT2D eigenvalue weighted by molar-refractivity contribution is 6.08. The molecule has 1 aliphatic rings. The van der Waals surface area contributed by atoms with Gasteiger partial charge in [-0.25, -0.2) is 4.79 Å². The van der Waals surface area contributed by atoms with E-state index in [0.29, 0.717) is 24.3 Å². The molecule has 0 saturated carbocycles. The molecule has 1 saturated heterocycles. The van der Waals surface area contributed by atoms with E-state index in [4.69, 9.17) is 9.84 Å². The van der Waals surface area contributed by atoms with Gasteiger partial charge < -0.3 is 15.2 Å². The third kappa shape index (κ3) is 3.13. The number of imide groups is 1. The van der Waals surface area contributed by atoms with Crippen LogP contribution in [-0.2, 0) is 15.1 Å². The minimum Gasteiger partial charge on any atom is -0.494 e. The van der Waals surface area contributed by atoms with E-state index in [1.807, 2.05) is 6.92 Å². The van der Waals surface area contributed by atoms with E-state index in [0.717, 1.165) is 11.3 Å². The molecule has 2 rings (SSSR count). The number of nitrogens with one attached hydrogen (secondary N) is 1. The fraction of sp³-hybridized carbons (Fsp3) is 0.438. The highest BCUT2D eigenvalue weighted by atomic mass is 16.5. The van der Waals surface area contributed by atoms with Gasteiger partial charge in [0.25, 0.3) is 5.91 Å². The Balaban J connectivity index is 2.29. The lowest BCUT2D eigenvalue weighted by Gasteiger charge is -2.25. The van der Waals surface area contributed by atoms with Gasteiger partial charge in [-0.15, -0.1) is 0 Å². The Morgan fingerprint density at radius 2 is 1.91 bits per heavy atom. The van der Waals surface area contributed by atoms with Gasteiger partial charge in [-0.05, 0) is 30.5 Å². The molecule has 0 spiro atoms. The first-order valence-electron chi connectivity index (χ1n) is 7.53. The van der Waals surface area contributed by atoms with Gasteiger partial charge in [-0.3, -0.25) is 14.5 Å². The smallest absolute Gasteiger partial charge is 0.325 e. The van der Waals surface area contributed by atoms with Gasteiger partial charge in [0, 0.05) is 0 Å². The number of rotatable bonds is 7. The number of carboxylic acid groups (broad SMARTS) is 1. The molecular weight excluding hydrogens is 300 g/mol. The number of carboxylic acids is 1. The van der Waals surface area contributed by atoms with Crippen LogP contribution >= 0.6 is 0 Å². The fourth-order valence-corrected chi connectivity index (χ4v) is 2.60. The molecular formula is C16H20N2O5. The van der Waals surface area contributed by atoms with Crippen LogP contribution in [0.1, 0.15) is 32.3 Å². The highest BCUT2D eigenvalue weighted by Crippen LogP contribution is 2.33. The monoisotopic (exact) mass is 320 g/mol. The van der Waals surface area contributed by atoms with Crippen LogP contribution in [0.3, 0.4) is 0 Å². The Morgan fingerprint density at radius 1 is 1.26 bits per heavy atom. The maximum absolute atomic E-state index is 12.6. The van der Waals surface area contributed by atoms with Crippen LogP contribution in [0.5, 0.6) is 5.75 Å². The van der Waals surface area contributed by atoms with Crippen LogP contribution in [0.4, 0.5) is 4.79 Å². The number of amides is 3. The van der Waals surface area contributed by atoms with Gasteiger partial charge in [0.2, 0.25) is 0 Å². The van der Waals surface area contributed by atoms with Gasteiger partial charge in [0.15, 0.2) is 0 Å². The van der Waals surface area contributed by atoms with Crippen molar-refractivity contribution in [2.75, 3.05) is 13.2 Å². The lowest BCUT2D eigenvalue weighted by atomic mass is 9.87. The van der Waals surface area contributed by atoms with Crippen LogP contribution in [-0.4, -0.2) is 41.1 Å². The summed E-state index contributed by atoms with van der Waals surface area (Å²) < 4.78 is 5.50. The standard InChI is InChI=1S/C16H20N2O5/c1-3-9-23-12-7-5-11(6-8-12)16(4-2)14(21)18(10-13(19)20)15(22)17-16/h5-8H,3-4,9-10H2,1-2H3,(H,17,22)(H,19,20)/t16-/m1/s1. The number of hydrogen-bond acceptors (Lipinski definition) is 4. The van der Waals surface area contributed by atoms with E-state index < -0.39 is 30.0 Å². The van der Waals surface area contributed by atoms with Crippen molar-refractivity contribution in [3.63, 3.8) is 0 Å². The van der Waals surface area contributed by atoms with Crippen molar-refractivity contribution in [1.29, 1.82) is 0 Å². The largest absolute Gasteiger partial charge is 0.494 e. The molecule has 2 N–H and O–H groups in total. The molecule has 1 heterocycles. The van der Waals surface area contributed by atoms with Crippen LogP contribution in [0.25, 0.3) is 0 Å². The normalized spacial score (nSPS) is 20.5. The van der Waals surface area contributed by atoms with Crippen molar-refractivity contribution in [2.45, 2.75) is 32.2 Å². The number of carbonyl (C=O) groups is 3. The zero-order chi connectivity index (χ0) is 17.0. The molecule has 7 heteroatoms.